The summed E-state index contributed by atoms with van der Waals surface area (Å²) in [4.78, 5) is 4.75. The zero-order valence-corrected chi connectivity index (χ0v) is 13.1. The molecule has 1 aromatic heterocycles. The maximum Gasteiger partial charge on any atom is 0.114 e. The fraction of sp³-hybridized carbons (Fsp3) is 0.400. The predicted molar refractivity (Wildman–Crippen MR) is 83.2 cm³/mol. The Labute approximate surface area is 123 Å². The van der Waals surface area contributed by atoms with Gasteiger partial charge in [-0.25, -0.2) is 4.98 Å². The minimum absolute atomic E-state index is 0.126. The van der Waals surface area contributed by atoms with Gasteiger partial charge in [-0.2, -0.15) is 0 Å². The van der Waals surface area contributed by atoms with Crippen molar-refractivity contribution in [1.82, 2.24) is 10.3 Å². The van der Waals surface area contributed by atoms with E-state index in [2.05, 4.69) is 37.5 Å². The van der Waals surface area contributed by atoms with Gasteiger partial charge in [-0.1, -0.05) is 44.5 Å². The molecule has 2 aromatic rings. The highest BCUT2D eigenvalue weighted by Gasteiger charge is 2.17. The van der Waals surface area contributed by atoms with Gasteiger partial charge in [0.15, 0.2) is 0 Å². The van der Waals surface area contributed by atoms with Crippen molar-refractivity contribution in [2.75, 3.05) is 6.54 Å². The average Bonchev–Trinajstić information content (AvgIpc) is 2.85. The molecule has 0 saturated heterocycles. The Bertz CT molecular complexity index is 536. The lowest BCUT2D eigenvalue weighted by molar-refractivity contribution is 0.623. The van der Waals surface area contributed by atoms with Crippen molar-refractivity contribution in [3.05, 3.63) is 50.9 Å². The van der Waals surface area contributed by atoms with E-state index >= 15 is 0 Å². The van der Waals surface area contributed by atoms with Crippen molar-refractivity contribution in [3.8, 4) is 0 Å². The second-order valence-electron chi connectivity index (χ2n) is 4.81. The summed E-state index contributed by atoms with van der Waals surface area (Å²) in [7, 11) is 0. The molecule has 0 aliphatic carbocycles. The van der Waals surface area contributed by atoms with Gasteiger partial charge < -0.3 is 5.32 Å². The van der Waals surface area contributed by atoms with Gasteiger partial charge in [-0.3, -0.25) is 0 Å². The Balaban J connectivity index is 2.33. The predicted octanol–water partition coefficient (Wildman–Crippen LogP) is 4.62. The van der Waals surface area contributed by atoms with Crippen molar-refractivity contribution in [3.63, 3.8) is 0 Å². The second kappa shape index (κ2) is 6.51. The van der Waals surface area contributed by atoms with Crippen LogP contribution in [0.25, 0.3) is 0 Å². The second-order valence-corrected chi connectivity index (χ2v) is 6.14. The molecule has 0 aliphatic heterocycles. The molecule has 0 saturated carbocycles. The molecule has 0 amide bonds. The number of nitrogens with zero attached hydrogens (tertiary/aromatic N) is 1. The van der Waals surface area contributed by atoms with E-state index in [-0.39, 0.29) is 6.04 Å². The van der Waals surface area contributed by atoms with E-state index in [4.69, 9.17) is 16.6 Å². The molecule has 4 heteroatoms. The Morgan fingerprint density at radius 1 is 1.37 bits per heavy atom. The fourth-order valence-corrected chi connectivity index (χ4v) is 3.22. The van der Waals surface area contributed by atoms with Gasteiger partial charge in [0.1, 0.15) is 5.01 Å². The summed E-state index contributed by atoms with van der Waals surface area (Å²) >= 11 is 7.80. The Morgan fingerprint density at radius 3 is 2.74 bits per heavy atom. The van der Waals surface area contributed by atoms with Crippen molar-refractivity contribution in [2.24, 2.45) is 0 Å². The van der Waals surface area contributed by atoms with E-state index in [1.165, 1.54) is 5.56 Å². The summed E-state index contributed by atoms with van der Waals surface area (Å²) in [5.74, 6) is 0.464. The molecule has 0 radical (unpaired) electrons. The van der Waals surface area contributed by atoms with Crippen LogP contribution < -0.4 is 5.32 Å². The molecule has 2 rings (SSSR count). The maximum absolute atomic E-state index is 6.09. The molecule has 1 heterocycles. The average molecular weight is 295 g/mol. The Hall–Kier alpha value is -0.900. The number of hydrogen-bond donors (Lipinski definition) is 1. The van der Waals surface area contributed by atoms with Gasteiger partial charge in [0.2, 0.25) is 0 Å². The van der Waals surface area contributed by atoms with Crippen LogP contribution in [0.3, 0.4) is 0 Å². The number of rotatable bonds is 5. The van der Waals surface area contributed by atoms with E-state index in [1.807, 2.05) is 18.2 Å². The highest BCUT2D eigenvalue weighted by molar-refractivity contribution is 7.09. The van der Waals surface area contributed by atoms with Crippen LogP contribution in [-0.4, -0.2) is 11.5 Å². The van der Waals surface area contributed by atoms with Gasteiger partial charge in [0.25, 0.3) is 0 Å². The molecule has 1 atom stereocenters. The Kier molecular flexibility index (Phi) is 4.97. The van der Waals surface area contributed by atoms with E-state index in [0.29, 0.717) is 5.92 Å². The minimum atomic E-state index is 0.126. The van der Waals surface area contributed by atoms with Crippen molar-refractivity contribution >= 4 is 22.9 Å². The van der Waals surface area contributed by atoms with Crippen molar-refractivity contribution in [1.29, 1.82) is 0 Å². The molecule has 1 aromatic carbocycles. The zero-order chi connectivity index (χ0) is 13.8. The molecule has 0 aliphatic rings. The summed E-state index contributed by atoms with van der Waals surface area (Å²) in [5, 5.41) is 7.50. The van der Waals surface area contributed by atoms with Crippen LogP contribution in [0, 0.1) is 0 Å². The van der Waals surface area contributed by atoms with Gasteiger partial charge in [0.05, 0.1) is 11.7 Å². The van der Waals surface area contributed by atoms with Crippen molar-refractivity contribution in [2.45, 2.75) is 32.7 Å². The van der Waals surface area contributed by atoms with E-state index < -0.39 is 0 Å². The number of thiazole rings is 1. The third-order valence-electron chi connectivity index (χ3n) is 2.97. The first-order valence-electron chi connectivity index (χ1n) is 6.56. The minimum Gasteiger partial charge on any atom is -0.305 e. The molecule has 102 valence electrons. The third-order valence-corrected chi connectivity index (χ3v) is 4.13. The highest BCUT2D eigenvalue weighted by Crippen LogP contribution is 2.28. The standard InChI is InChI=1S/C15H19ClN2S/c1-4-17-14(11-6-5-7-12(16)8-11)15-18-13(9-19-15)10(2)3/h5-10,14,17H,4H2,1-3H3. The largest absolute Gasteiger partial charge is 0.305 e. The van der Waals surface area contributed by atoms with E-state index in [0.717, 1.165) is 22.3 Å². The molecular formula is C15H19ClN2S. The first-order valence-corrected chi connectivity index (χ1v) is 7.81. The van der Waals surface area contributed by atoms with Crippen LogP contribution in [-0.2, 0) is 0 Å². The lowest BCUT2D eigenvalue weighted by atomic mass is 10.1. The molecule has 0 bridgehead atoms. The van der Waals surface area contributed by atoms with E-state index in [1.54, 1.807) is 11.3 Å². The smallest absolute Gasteiger partial charge is 0.114 e. The van der Waals surface area contributed by atoms with Gasteiger partial charge in [-0.05, 0) is 30.2 Å². The molecule has 0 fully saturated rings. The molecule has 2 nitrogen and oxygen atoms in total. The van der Waals surface area contributed by atoms with Crippen LogP contribution in [0.4, 0.5) is 0 Å². The lowest BCUT2D eigenvalue weighted by Gasteiger charge is -2.16. The number of benzene rings is 1. The number of hydrogen-bond acceptors (Lipinski definition) is 3. The SMILES string of the molecule is CCNC(c1cccc(Cl)c1)c1nc(C(C)C)cs1. The summed E-state index contributed by atoms with van der Waals surface area (Å²) in [6, 6.07) is 8.11. The van der Waals surface area contributed by atoms with Crippen LogP contribution >= 0.6 is 22.9 Å². The summed E-state index contributed by atoms with van der Waals surface area (Å²) in [5.41, 5.74) is 2.32. The van der Waals surface area contributed by atoms with Crippen LogP contribution in [0.5, 0.6) is 0 Å². The molecule has 1 unspecified atom stereocenters. The first kappa shape index (κ1) is 14.5. The van der Waals surface area contributed by atoms with Gasteiger partial charge in [-0.15, -0.1) is 11.3 Å². The third kappa shape index (κ3) is 3.56. The first-order chi connectivity index (χ1) is 9.11. The van der Waals surface area contributed by atoms with Gasteiger partial charge >= 0.3 is 0 Å². The zero-order valence-electron chi connectivity index (χ0n) is 11.5. The molecule has 0 spiro atoms. The van der Waals surface area contributed by atoms with Crippen molar-refractivity contribution < 1.29 is 0 Å². The number of nitrogens with one attached hydrogen (secondary N) is 1. The number of halogens is 1. The summed E-state index contributed by atoms with van der Waals surface area (Å²) in [6.07, 6.45) is 0. The summed E-state index contributed by atoms with van der Waals surface area (Å²) in [6.45, 7) is 7.34. The molecule has 1 N–H and O–H groups in total. The van der Waals surface area contributed by atoms with Crippen LogP contribution in [0.1, 0.15) is 49.0 Å². The lowest BCUT2D eigenvalue weighted by Crippen LogP contribution is -2.21. The number of aromatic nitrogens is 1. The fourth-order valence-electron chi connectivity index (χ4n) is 1.94. The van der Waals surface area contributed by atoms with E-state index in [9.17, 15) is 0 Å². The molecular weight excluding hydrogens is 276 g/mol. The summed E-state index contributed by atoms with van der Waals surface area (Å²) < 4.78 is 0. The normalized spacial score (nSPS) is 12.9. The monoisotopic (exact) mass is 294 g/mol. The quantitative estimate of drug-likeness (QED) is 0.870. The van der Waals surface area contributed by atoms with Crippen LogP contribution in [0.2, 0.25) is 5.02 Å². The maximum atomic E-state index is 6.09. The molecule has 19 heavy (non-hydrogen) atoms. The topological polar surface area (TPSA) is 24.9 Å². The highest BCUT2D eigenvalue weighted by atomic mass is 35.5. The van der Waals surface area contributed by atoms with Crippen LogP contribution in [0.15, 0.2) is 29.6 Å². The Morgan fingerprint density at radius 2 is 2.16 bits per heavy atom. The van der Waals surface area contributed by atoms with Gasteiger partial charge in [0, 0.05) is 10.4 Å².